The van der Waals surface area contributed by atoms with E-state index in [0.717, 1.165) is 5.56 Å². The van der Waals surface area contributed by atoms with Crippen LogP contribution >= 0.6 is 0 Å². The molecule has 0 aliphatic carbocycles. The van der Waals surface area contributed by atoms with Gasteiger partial charge in [-0.2, -0.15) is 0 Å². The maximum absolute atomic E-state index is 14.2. The van der Waals surface area contributed by atoms with Crippen LogP contribution in [0.3, 0.4) is 0 Å². The van der Waals surface area contributed by atoms with E-state index < -0.39 is 47.1 Å². The van der Waals surface area contributed by atoms with Crippen molar-refractivity contribution in [1.82, 2.24) is 15.5 Å². The van der Waals surface area contributed by atoms with E-state index >= 15 is 0 Å². The number of nitrogens with zero attached hydrogens (tertiary/aromatic N) is 1. The van der Waals surface area contributed by atoms with Crippen LogP contribution in [0, 0.1) is 5.92 Å². The SMILES string of the molecule is C=Cc1cccc(C(C(=O)NCC(=O)OC)N(C(=O)C(NC(=O)OC(C)(C)C)C(C)C)C(C)(C)CC)c1. The minimum absolute atomic E-state index is 0.312. The highest BCUT2D eigenvalue weighted by Gasteiger charge is 2.44. The van der Waals surface area contributed by atoms with Crippen molar-refractivity contribution >= 4 is 30.0 Å². The largest absolute Gasteiger partial charge is 0.468 e. The molecule has 0 bridgehead atoms. The summed E-state index contributed by atoms with van der Waals surface area (Å²) in [6.45, 7) is 17.9. The highest BCUT2D eigenvalue weighted by atomic mass is 16.6. The van der Waals surface area contributed by atoms with Crippen molar-refractivity contribution in [2.45, 2.75) is 85.0 Å². The number of hydrogen-bond donors (Lipinski definition) is 2. The van der Waals surface area contributed by atoms with Crippen molar-refractivity contribution in [3.8, 4) is 0 Å². The number of benzene rings is 1. The Morgan fingerprint density at radius 1 is 1.11 bits per heavy atom. The Labute approximate surface area is 221 Å². The third kappa shape index (κ3) is 9.22. The molecule has 0 saturated carbocycles. The molecule has 2 N–H and O–H groups in total. The number of amides is 3. The molecule has 2 atom stereocenters. The van der Waals surface area contributed by atoms with Gasteiger partial charge < -0.3 is 25.0 Å². The zero-order chi connectivity index (χ0) is 28.6. The van der Waals surface area contributed by atoms with Crippen LogP contribution in [0.25, 0.3) is 6.08 Å². The molecule has 0 aliphatic rings. The molecule has 9 heteroatoms. The Hall–Kier alpha value is -3.36. The first kappa shape index (κ1) is 31.7. The predicted molar refractivity (Wildman–Crippen MR) is 144 cm³/mol. The van der Waals surface area contributed by atoms with Gasteiger partial charge >= 0.3 is 12.1 Å². The predicted octanol–water partition coefficient (Wildman–Crippen LogP) is 4.23. The van der Waals surface area contributed by atoms with Crippen LogP contribution < -0.4 is 10.6 Å². The van der Waals surface area contributed by atoms with Gasteiger partial charge in [0.05, 0.1) is 7.11 Å². The first-order valence-electron chi connectivity index (χ1n) is 12.5. The standard InChI is InChI=1S/C28H43N3O6/c1-11-19-14-13-15-20(16-19)23(24(33)29-17-21(32)36-10)31(28(8,9)12-2)25(34)22(18(3)4)30-26(35)37-27(5,6)7/h11,13-16,18,22-23H,1,12,17H2,2-10H3,(H,29,33)(H,30,35). The Balaban J connectivity index is 3.66. The summed E-state index contributed by atoms with van der Waals surface area (Å²) in [7, 11) is 1.23. The second-order valence-electron chi connectivity index (χ2n) is 10.8. The highest BCUT2D eigenvalue weighted by Crippen LogP contribution is 2.33. The molecule has 0 aliphatic heterocycles. The van der Waals surface area contributed by atoms with Crippen LogP contribution in [0.15, 0.2) is 30.8 Å². The van der Waals surface area contributed by atoms with E-state index in [9.17, 15) is 19.2 Å². The van der Waals surface area contributed by atoms with Crippen molar-refractivity contribution < 1.29 is 28.7 Å². The first-order chi connectivity index (χ1) is 17.1. The van der Waals surface area contributed by atoms with Gasteiger partial charge in [0, 0.05) is 5.54 Å². The van der Waals surface area contributed by atoms with Crippen LogP contribution in [0.2, 0.25) is 0 Å². The molecule has 206 valence electrons. The third-order valence-corrected chi connectivity index (χ3v) is 5.96. The molecule has 9 nitrogen and oxygen atoms in total. The first-order valence-corrected chi connectivity index (χ1v) is 12.5. The molecule has 0 aromatic heterocycles. The fourth-order valence-corrected chi connectivity index (χ4v) is 3.65. The average Bonchev–Trinajstić information content (AvgIpc) is 2.82. The van der Waals surface area contributed by atoms with Gasteiger partial charge in [-0.15, -0.1) is 0 Å². The summed E-state index contributed by atoms with van der Waals surface area (Å²) in [5.41, 5.74) is -0.262. The van der Waals surface area contributed by atoms with Crippen molar-refractivity contribution in [3.63, 3.8) is 0 Å². The van der Waals surface area contributed by atoms with Gasteiger partial charge in [-0.25, -0.2) is 4.79 Å². The molecular weight excluding hydrogens is 474 g/mol. The summed E-state index contributed by atoms with van der Waals surface area (Å²) < 4.78 is 10.1. The van der Waals surface area contributed by atoms with Crippen LogP contribution in [0.4, 0.5) is 4.79 Å². The molecule has 1 aromatic carbocycles. The summed E-state index contributed by atoms with van der Waals surface area (Å²) in [5, 5.41) is 5.30. The Morgan fingerprint density at radius 3 is 2.22 bits per heavy atom. The maximum Gasteiger partial charge on any atom is 0.408 e. The van der Waals surface area contributed by atoms with E-state index in [1.54, 1.807) is 45.0 Å². The summed E-state index contributed by atoms with van der Waals surface area (Å²) in [5.74, 6) is -1.93. The number of esters is 1. The number of nitrogens with one attached hydrogen (secondary N) is 2. The number of alkyl carbamates (subject to hydrolysis) is 1. The van der Waals surface area contributed by atoms with E-state index in [1.807, 2.05) is 40.7 Å². The number of methoxy groups -OCH3 is 1. The Morgan fingerprint density at radius 2 is 1.73 bits per heavy atom. The monoisotopic (exact) mass is 517 g/mol. The molecule has 37 heavy (non-hydrogen) atoms. The van der Waals surface area contributed by atoms with Crippen molar-refractivity contribution in [1.29, 1.82) is 0 Å². The zero-order valence-electron chi connectivity index (χ0n) is 23.6. The average molecular weight is 518 g/mol. The van der Waals surface area contributed by atoms with Gasteiger partial charge in [0.2, 0.25) is 11.8 Å². The van der Waals surface area contributed by atoms with Gasteiger partial charge in [-0.1, -0.05) is 51.6 Å². The molecule has 2 unspecified atom stereocenters. The topological polar surface area (TPSA) is 114 Å². The molecule has 0 saturated heterocycles. The minimum Gasteiger partial charge on any atom is -0.468 e. The van der Waals surface area contributed by atoms with Gasteiger partial charge in [0.25, 0.3) is 0 Å². The number of rotatable bonds is 11. The molecule has 0 spiro atoms. The van der Waals surface area contributed by atoms with Gasteiger partial charge in [0.1, 0.15) is 24.2 Å². The molecular formula is C28H43N3O6. The van der Waals surface area contributed by atoms with E-state index in [-0.39, 0.29) is 12.5 Å². The molecule has 0 fully saturated rings. The molecule has 1 aromatic rings. The maximum atomic E-state index is 14.2. The minimum atomic E-state index is -1.10. The Bertz CT molecular complexity index is 980. The summed E-state index contributed by atoms with van der Waals surface area (Å²) in [6, 6.07) is 5.04. The highest BCUT2D eigenvalue weighted by molar-refractivity contribution is 5.94. The molecule has 0 radical (unpaired) electrons. The summed E-state index contributed by atoms with van der Waals surface area (Å²) in [6.07, 6.45) is 1.43. The second-order valence-corrected chi connectivity index (χ2v) is 10.8. The quantitative estimate of drug-likeness (QED) is 0.425. The van der Waals surface area contributed by atoms with Crippen LogP contribution in [-0.2, 0) is 23.9 Å². The smallest absolute Gasteiger partial charge is 0.408 e. The van der Waals surface area contributed by atoms with Gasteiger partial charge in [-0.05, 0) is 64.2 Å². The number of hydrogen-bond acceptors (Lipinski definition) is 6. The van der Waals surface area contributed by atoms with Crippen LogP contribution in [-0.4, -0.2) is 59.6 Å². The van der Waals surface area contributed by atoms with Crippen molar-refractivity contribution in [2.24, 2.45) is 5.92 Å². The zero-order valence-corrected chi connectivity index (χ0v) is 23.6. The van der Waals surface area contributed by atoms with E-state index in [1.165, 1.54) is 12.0 Å². The van der Waals surface area contributed by atoms with Crippen molar-refractivity contribution in [2.75, 3.05) is 13.7 Å². The van der Waals surface area contributed by atoms with E-state index in [0.29, 0.717) is 12.0 Å². The summed E-state index contributed by atoms with van der Waals surface area (Å²) in [4.78, 5) is 53.8. The molecule has 3 amide bonds. The fraction of sp³-hybridized carbons (Fsp3) is 0.571. The van der Waals surface area contributed by atoms with Crippen molar-refractivity contribution in [3.05, 3.63) is 42.0 Å². The molecule has 1 rings (SSSR count). The lowest BCUT2D eigenvalue weighted by molar-refractivity contribution is -0.151. The van der Waals surface area contributed by atoms with Gasteiger partial charge in [-0.3, -0.25) is 14.4 Å². The number of ether oxygens (including phenoxy) is 2. The van der Waals surface area contributed by atoms with E-state index in [4.69, 9.17) is 4.74 Å². The van der Waals surface area contributed by atoms with Crippen LogP contribution in [0.1, 0.15) is 79.0 Å². The normalized spacial score (nSPS) is 13.2. The van der Waals surface area contributed by atoms with E-state index in [2.05, 4.69) is 21.9 Å². The lowest BCUT2D eigenvalue weighted by Gasteiger charge is -2.45. The second kappa shape index (κ2) is 13.3. The lowest BCUT2D eigenvalue weighted by Crippen LogP contribution is -2.60. The Kier molecular flexibility index (Phi) is 11.4. The number of carbonyl (C=O) groups excluding carboxylic acids is 4. The molecule has 0 heterocycles. The van der Waals surface area contributed by atoms with Crippen LogP contribution in [0.5, 0.6) is 0 Å². The fourth-order valence-electron chi connectivity index (χ4n) is 3.65. The van der Waals surface area contributed by atoms with Gasteiger partial charge in [0.15, 0.2) is 0 Å². The lowest BCUT2D eigenvalue weighted by atomic mass is 9.90. The number of carbonyl (C=O) groups is 4. The third-order valence-electron chi connectivity index (χ3n) is 5.96. The summed E-state index contributed by atoms with van der Waals surface area (Å²) >= 11 is 0.